The minimum absolute atomic E-state index is 0.0158. The van der Waals surface area contributed by atoms with E-state index in [0.29, 0.717) is 27.9 Å². The molecule has 1 aliphatic heterocycles. The summed E-state index contributed by atoms with van der Waals surface area (Å²) in [5.74, 6) is 1.69. The summed E-state index contributed by atoms with van der Waals surface area (Å²) >= 11 is 0. The highest BCUT2D eigenvalue weighted by atomic mass is 32.2. The summed E-state index contributed by atoms with van der Waals surface area (Å²) in [6.07, 6.45) is 0.528. The molecule has 3 aromatic rings. The molecule has 0 spiro atoms. The molecule has 1 unspecified atom stereocenters. The first-order valence-corrected chi connectivity index (χ1v) is 12.4. The van der Waals surface area contributed by atoms with Gasteiger partial charge in [-0.05, 0) is 54.8 Å². The Balaban J connectivity index is 1.27. The van der Waals surface area contributed by atoms with E-state index in [1.165, 1.54) is 0 Å². The van der Waals surface area contributed by atoms with Crippen LogP contribution in [0, 0.1) is 0 Å². The fraction of sp³-hybridized carbons (Fsp3) is 0.280. The number of hydrogen-bond donors (Lipinski definition) is 4. The molecular formula is C25H25N3O6S. The fourth-order valence-corrected chi connectivity index (χ4v) is 4.83. The third-order valence-electron chi connectivity index (χ3n) is 6.13. The van der Waals surface area contributed by atoms with Gasteiger partial charge in [-0.25, -0.2) is 13.9 Å². The number of carbonyl (C=O) groups excluding carboxylic acids is 1. The topological polar surface area (TPSA) is 130 Å². The first kappa shape index (κ1) is 23.4. The Labute approximate surface area is 204 Å². The molecule has 1 saturated carbocycles. The lowest BCUT2D eigenvalue weighted by atomic mass is 9.94. The van der Waals surface area contributed by atoms with Crippen LogP contribution in [0.1, 0.15) is 18.4 Å². The number of nitrogens with zero attached hydrogens (tertiary/aromatic N) is 1. The zero-order valence-corrected chi connectivity index (χ0v) is 19.6. The number of pyridine rings is 1. The largest absolute Gasteiger partial charge is 0.454 e. The van der Waals surface area contributed by atoms with Crippen molar-refractivity contribution in [3.8, 4) is 22.8 Å². The van der Waals surface area contributed by atoms with Crippen LogP contribution >= 0.6 is 0 Å². The smallest absolute Gasteiger partial charge is 0.236 e. The lowest BCUT2D eigenvalue weighted by Crippen LogP contribution is -2.30. The molecule has 0 radical (unpaired) electrons. The van der Waals surface area contributed by atoms with E-state index >= 15 is 0 Å². The van der Waals surface area contributed by atoms with Crippen molar-refractivity contribution in [3.63, 3.8) is 0 Å². The zero-order valence-electron chi connectivity index (χ0n) is 18.8. The molecule has 10 heteroatoms. The van der Waals surface area contributed by atoms with Crippen LogP contribution in [0.25, 0.3) is 11.3 Å². The van der Waals surface area contributed by atoms with E-state index in [9.17, 15) is 14.1 Å². The van der Waals surface area contributed by atoms with Gasteiger partial charge >= 0.3 is 0 Å². The Hall–Kier alpha value is -3.31. The lowest BCUT2D eigenvalue weighted by molar-refractivity contribution is -0.118. The van der Waals surface area contributed by atoms with Crippen LogP contribution in [0.2, 0.25) is 0 Å². The number of nitrogens with one attached hydrogen (secondary N) is 2. The van der Waals surface area contributed by atoms with E-state index in [2.05, 4.69) is 15.0 Å². The molecule has 182 valence electrons. The molecule has 5 rings (SSSR count). The van der Waals surface area contributed by atoms with Crippen molar-refractivity contribution in [2.45, 2.75) is 29.3 Å². The van der Waals surface area contributed by atoms with Crippen molar-refractivity contribution < 1.29 is 28.7 Å². The van der Waals surface area contributed by atoms with E-state index in [1.807, 2.05) is 30.3 Å². The Morgan fingerprint density at radius 1 is 1.09 bits per heavy atom. The van der Waals surface area contributed by atoms with Gasteiger partial charge in [-0.2, -0.15) is 0 Å². The molecule has 4 N–H and O–H groups in total. The van der Waals surface area contributed by atoms with Gasteiger partial charge in [-0.15, -0.1) is 0 Å². The maximum Gasteiger partial charge on any atom is 0.236 e. The molecule has 0 bridgehead atoms. The standard InChI is InChI=1S/C25H25N3O6S/c29-14-18(30)13-26-35(32)19-7-4-16(5-8-19)20-2-1-3-23(27-20)28-24(31)25(10-11-25)17-6-9-21-22(12-17)34-15-33-21/h1-9,12,18,26,29-30H,10-11,13-15H2,(H,27,28,31)/t18-,35?/m1/s1. The van der Waals surface area contributed by atoms with Gasteiger partial charge in [0, 0.05) is 12.1 Å². The maximum atomic E-state index is 13.2. The molecule has 2 aliphatic rings. The SMILES string of the molecule is O=C(Nc1cccc(-c2ccc(S(=O)NC[C@@H](O)CO)cc2)n1)C1(c2ccc3c(c2)OCO3)CC1. The molecule has 0 saturated heterocycles. The summed E-state index contributed by atoms with van der Waals surface area (Å²) in [5.41, 5.74) is 1.77. The van der Waals surface area contributed by atoms with Crippen LogP contribution in [0.15, 0.2) is 65.6 Å². The fourth-order valence-electron chi connectivity index (χ4n) is 3.94. The number of aromatic nitrogens is 1. The summed E-state index contributed by atoms with van der Waals surface area (Å²) in [4.78, 5) is 18.3. The van der Waals surface area contributed by atoms with Gasteiger partial charge in [0.15, 0.2) is 11.5 Å². The second-order valence-electron chi connectivity index (χ2n) is 8.49. The predicted molar refractivity (Wildman–Crippen MR) is 129 cm³/mol. The first-order valence-electron chi connectivity index (χ1n) is 11.2. The van der Waals surface area contributed by atoms with Gasteiger partial charge in [-0.1, -0.05) is 24.3 Å². The van der Waals surface area contributed by atoms with Gasteiger partial charge in [0.2, 0.25) is 12.7 Å². The number of rotatable bonds is 9. The van der Waals surface area contributed by atoms with E-state index in [0.717, 1.165) is 24.0 Å². The molecular weight excluding hydrogens is 470 g/mol. The highest BCUT2D eigenvalue weighted by Crippen LogP contribution is 2.51. The zero-order chi connectivity index (χ0) is 24.4. The van der Waals surface area contributed by atoms with Gasteiger partial charge in [0.05, 0.1) is 28.7 Å². The highest BCUT2D eigenvalue weighted by molar-refractivity contribution is 7.83. The number of aliphatic hydroxyl groups is 2. The van der Waals surface area contributed by atoms with E-state index in [1.54, 1.807) is 30.3 Å². The number of aliphatic hydroxyl groups excluding tert-OH is 2. The van der Waals surface area contributed by atoms with Crippen LogP contribution in [-0.4, -0.2) is 51.4 Å². The number of carbonyl (C=O) groups is 1. The van der Waals surface area contributed by atoms with Crippen LogP contribution < -0.4 is 19.5 Å². The molecule has 35 heavy (non-hydrogen) atoms. The van der Waals surface area contributed by atoms with E-state index in [4.69, 9.17) is 14.6 Å². The van der Waals surface area contributed by atoms with Gasteiger partial charge in [0.1, 0.15) is 16.8 Å². The predicted octanol–water partition coefficient (Wildman–Crippen LogP) is 2.11. The molecule has 2 heterocycles. The second-order valence-corrected chi connectivity index (χ2v) is 9.79. The van der Waals surface area contributed by atoms with Crippen LogP contribution in [-0.2, 0) is 21.2 Å². The van der Waals surface area contributed by atoms with Crippen molar-refractivity contribution in [2.75, 3.05) is 25.3 Å². The average molecular weight is 496 g/mol. The van der Waals surface area contributed by atoms with Gasteiger partial charge < -0.3 is 25.0 Å². The molecule has 1 fully saturated rings. The van der Waals surface area contributed by atoms with Crippen LogP contribution in [0.4, 0.5) is 5.82 Å². The summed E-state index contributed by atoms with van der Waals surface area (Å²) in [7, 11) is -1.52. The highest BCUT2D eigenvalue weighted by Gasteiger charge is 2.51. The minimum atomic E-state index is -1.52. The Morgan fingerprint density at radius 2 is 1.86 bits per heavy atom. The minimum Gasteiger partial charge on any atom is -0.454 e. The molecule has 9 nitrogen and oxygen atoms in total. The van der Waals surface area contributed by atoms with Crippen LogP contribution in [0.3, 0.4) is 0 Å². The number of fused-ring (bicyclic) bond motifs is 1. The number of ether oxygens (including phenoxy) is 2. The number of amides is 1. The van der Waals surface area contributed by atoms with Crippen molar-refractivity contribution in [1.82, 2.24) is 9.71 Å². The van der Waals surface area contributed by atoms with Gasteiger partial charge in [-0.3, -0.25) is 4.79 Å². The Morgan fingerprint density at radius 3 is 2.60 bits per heavy atom. The third kappa shape index (κ3) is 4.92. The molecule has 2 aromatic carbocycles. The Bertz CT molecular complexity index is 1260. The summed E-state index contributed by atoms with van der Waals surface area (Å²) in [6.45, 7) is -0.198. The molecule has 1 amide bonds. The number of anilines is 1. The summed E-state index contributed by atoms with van der Waals surface area (Å²) < 4.78 is 25.8. The number of hydrogen-bond acceptors (Lipinski definition) is 7. The molecule has 1 aliphatic carbocycles. The second kappa shape index (κ2) is 9.74. The molecule has 2 atom stereocenters. The van der Waals surface area contributed by atoms with Crippen LogP contribution in [0.5, 0.6) is 11.5 Å². The van der Waals surface area contributed by atoms with Crippen molar-refractivity contribution >= 4 is 22.7 Å². The average Bonchev–Trinajstić information content (AvgIpc) is 3.58. The first-order chi connectivity index (χ1) is 17.0. The van der Waals surface area contributed by atoms with E-state index in [-0.39, 0.29) is 19.2 Å². The molecule has 1 aromatic heterocycles. The normalized spacial score (nSPS) is 17.0. The monoisotopic (exact) mass is 495 g/mol. The van der Waals surface area contributed by atoms with Gasteiger partial charge in [0.25, 0.3) is 0 Å². The number of benzene rings is 2. The maximum absolute atomic E-state index is 13.2. The van der Waals surface area contributed by atoms with E-state index < -0.39 is 29.1 Å². The third-order valence-corrected chi connectivity index (χ3v) is 7.25. The Kier molecular flexibility index (Phi) is 6.52. The lowest BCUT2D eigenvalue weighted by Gasteiger charge is -2.16. The summed E-state index contributed by atoms with van der Waals surface area (Å²) in [5, 5.41) is 21.2. The van der Waals surface area contributed by atoms with Crippen molar-refractivity contribution in [3.05, 3.63) is 66.2 Å². The summed E-state index contributed by atoms with van der Waals surface area (Å²) in [6, 6.07) is 18.0. The van der Waals surface area contributed by atoms with Crippen molar-refractivity contribution in [2.24, 2.45) is 0 Å². The quantitative estimate of drug-likeness (QED) is 0.358. The van der Waals surface area contributed by atoms with Crippen molar-refractivity contribution in [1.29, 1.82) is 0 Å².